The van der Waals surface area contributed by atoms with Crippen LogP contribution < -0.4 is 19.1 Å². The molecule has 194 valence electrons. The molecule has 1 saturated carbocycles. The molecule has 5 aliphatic heterocycles. The number of fused-ring (bicyclic) bond motifs is 2. The van der Waals surface area contributed by atoms with E-state index in [4.69, 9.17) is 18.9 Å². The lowest BCUT2D eigenvalue weighted by molar-refractivity contribution is -0.0390. The van der Waals surface area contributed by atoms with Crippen molar-refractivity contribution in [2.45, 2.75) is 49.4 Å². The second-order valence-corrected chi connectivity index (χ2v) is 11.1. The van der Waals surface area contributed by atoms with Crippen LogP contribution in [-0.2, 0) is 10.2 Å². The molecule has 2 aromatic carbocycles. The molecule has 0 amide bonds. The van der Waals surface area contributed by atoms with Crippen LogP contribution in [0.5, 0.6) is 17.2 Å². The van der Waals surface area contributed by atoms with Crippen LogP contribution in [0, 0.1) is 11.8 Å². The van der Waals surface area contributed by atoms with Crippen LogP contribution >= 0.6 is 0 Å². The number of ether oxygens (including phenoxy) is 4. The highest BCUT2D eigenvalue weighted by molar-refractivity contribution is 5.91. The molecule has 6 bridgehead atoms. The van der Waals surface area contributed by atoms with Gasteiger partial charge in [0.05, 0.1) is 38.3 Å². The molecule has 0 N–H and O–H groups in total. The van der Waals surface area contributed by atoms with Gasteiger partial charge in [-0.05, 0) is 49.4 Å². The molecular weight excluding hydrogens is 468 g/mol. The summed E-state index contributed by atoms with van der Waals surface area (Å²) >= 11 is 0. The number of para-hydroxylation sites is 1. The molecule has 0 radical (unpaired) electrons. The lowest BCUT2D eigenvalue weighted by Crippen LogP contribution is -2.68. The quantitative estimate of drug-likeness (QED) is 0.452. The van der Waals surface area contributed by atoms with Gasteiger partial charge >= 0.3 is 5.97 Å². The maximum Gasteiger partial charge on any atom is 0.338 e. The Kier molecular flexibility index (Phi) is 4.91. The van der Waals surface area contributed by atoms with Gasteiger partial charge in [0.15, 0.2) is 11.5 Å². The Labute approximate surface area is 217 Å². The molecule has 7 heteroatoms. The maximum absolute atomic E-state index is 13.9. The average Bonchev–Trinajstić information content (AvgIpc) is 3.34. The third-order valence-corrected chi connectivity index (χ3v) is 10.1. The molecule has 0 aromatic heterocycles. The van der Waals surface area contributed by atoms with E-state index in [0.717, 1.165) is 19.4 Å². The lowest BCUT2D eigenvalue weighted by Gasteiger charge is -2.58. The second-order valence-electron chi connectivity index (χ2n) is 11.1. The highest BCUT2D eigenvalue weighted by atomic mass is 16.5. The second kappa shape index (κ2) is 7.90. The van der Waals surface area contributed by atoms with E-state index in [9.17, 15) is 4.79 Å². The highest BCUT2D eigenvalue weighted by Crippen LogP contribution is 2.68. The van der Waals surface area contributed by atoms with Crippen LogP contribution in [0.1, 0.15) is 35.7 Å². The van der Waals surface area contributed by atoms with E-state index in [-0.39, 0.29) is 29.4 Å². The average molecular weight is 503 g/mol. The van der Waals surface area contributed by atoms with Gasteiger partial charge in [-0.15, -0.1) is 0 Å². The fourth-order valence-electron chi connectivity index (χ4n) is 8.89. The number of anilines is 1. The highest BCUT2D eigenvalue weighted by Gasteiger charge is 2.75. The van der Waals surface area contributed by atoms with Crippen molar-refractivity contribution >= 4 is 11.7 Å². The Bertz CT molecular complexity index is 1300. The third-order valence-electron chi connectivity index (χ3n) is 10.1. The summed E-state index contributed by atoms with van der Waals surface area (Å²) in [4.78, 5) is 19.1. The van der Waals surface area contributed by atoms with E-state index in [2.05, 4.69) is 54.1 Å². The summed E-state index contributed by atoms with van der Waals surface area (Å²) in [6.07, 6.45) is 4.24. The largest absolute Gasteiger partial charge is 0.493 e. The zero-order valence-corrected chi connectivity index (χ0v) is 22.1. The number of piperidine rings is 4. The van der Waals surface area contributed by atoms with Gasteiger partial charge in [-0.2, -0.15) is 0 Å². The molecule has 1 unspecified atom stereocenters. The predicted octanol–water partition coefficient (Wildman–Crippen LogP) is 4.05. The molecule has 5 fully saturated rings. The van der Waals surface area contributed by atoms with E-state index in [0.29, 0.717) is 40.8 Å². The summed E-state index contributed by atoms with van der Waals surface area (Å²) in [5.74, 6) is 1.75. The Balaban J connectivity index is 1.35. The number of nitrogens with zero attached hydrogens (tertiary/aromatic N) is 2. The van der Waals surface area contributed by atoms with Gasteiger partial charge in [-0.1, -0.05) is 29.8 Å². The van der Waals surface area contributed by atoms with E-state index in [1.807, 2.05) is 0 Å². The lowest BCUT2D eigenvalue weighted by atomic mass is 9.65. The number of esters is 1. The van der Waals surface area contributed by atoms with Crippen molar-refractivity contribution in [1.29, 1.82) is 0 Å². The maximum atomic E-state index is 13.9. The van der Waals surface area contributed by atoms with Crippen molar-refractivity contribution in [1.82, 2.24) is 4.90 Å². The number of allylic oxidation sites excluding steroid dienone is 1. The van der Waals surface area contributed by atoms with Crippen LogP contribution in [0.25, 0.3) is 0 Å². The van der Waals surface area contributed by atoms with Gasteiger partial charge in [0.25, 0.3) is 0 Å². The van der Waals surface area contributed by atoms with Crippen molar-refractivity contribution in [3.63, 3.8) is 0 Å². The van der Waals surface area contributed by atoms with Gasteiger partial charge in [-0.25, -0.2) is 4.79 Å². The Morgan fingerprint density at radius 1 is 1.05 bits per heavy atom. The molecule has 7 nitrogen and oxygen atoms in total. The predicted molar refractivity (Wildman–Crippen MR) is 140 cm³/mol. The number of carbonyl (C=O) groups excluding carboxylic acids is 1. The van der Waals surface area contributed by atoms with E-state index >= 15 is 0 Å². The molecular formula is C30H34N2O5. The number of hydrogen-bond donors (Lipinski definition) is 0. The number of likely N-dealkylation sites (N-methyl/N-ethyl adjacent to an activating group) is 1. The molecule has 4 saturated heterocycles. The molecule has 1 spiro atoms. The first-order valence-corrected chi connectivity index (χ1v) is 13.2. The fraction of sp³-hybridized carbons (Fsp3) is 0.500. The number of methoxy groups -OCH3 is 3. The van der Waals surface area contributed by atoms with Gasteiger partial charge in [0, 0.05) is 37.3 Å². The number of rotatable bonds is 5. The van der Waals surface area contributed by atoms with Crippen molar-refractivity contribution in [2.75, 3.05) is 39.8 Å². The molecule has 1 aliphatic carbocycles. The van der Waals surface area contributed by atoms with Crippen molar-refractivity contribution < 1.29 is 23.7 Å². The van der Waals surface area contributed by atoms with Gasteiger partial charge in [0.1, 0.15) is 6.10 Å². The summed E-state index contributed by atoms with van der Waals surface area (Å²) in [6, 6.07) is 13.3. The molecule has 5 heterocycles. The van der Waals surface area contributed by atoms with Crippen LogP contribution in [0.15, 0.2) is 48.0 Å². The summed E-state index contributed by atoms with van der Waals surface area (Å²) in [5, 5.41) is 0. The summed E-state index contributed by atoms with van der Waals surface area (Å²) in [5.41, 5.74) is 4.31. The smallest absolute Gasteiger partial charge is 0.338 e. The minimum absolute atomic E-state index is 0.212. The fourth-order valence-corrected chi connectivity index (χ4v) is 8.89. The first kappa shape index (κ1) is 23.0. The van der Waals surface area contributed by atoms with E-state index in [1.54, 1.807) is 33.5 Å². The Morgan fingerprint density at radius 3 is 2.46 bits per heavy atom. The molecule has 8 atom stereocenters. The van der Waals surface area contributed by atoms with Crippen molar-refractivity contribution in [3.8, 4) is 17.2 Å². The summed E-state index contributed by atoms with van der Waals surface area (Å²) in [6.45, 7) is 3.19. The van der Waals surface area contributed by atoms with Crippen LogP contribution in [0.4, 0.5) is 5.69 Å². The van der Waals surface area contributed by atoms with Crippen LogP contribution in [0.3, 0.4) is 0 Å². The zero-order valence-electron chi connectivity index (χ0n) is 22.1. The number of hydrogen-bond acceptors (Lipinski definition) is 7. The standard InChI is InChI=1S/C30H34N2O5/c1-6-16-15-32-21-13-18(16)25-22(32)14-30(19-9-7-8-10-20(19)31(2)27(21)30)28(25)37-29(33)17-11-23(34-3)26(36-5)24(12-17)35-4/h6-12,18,21-22,25,27-28H,13-15H2,1-5H3/t18-,21-,22-,25-,27-,28+,30-/m0/s1. The summed E-state index contributed by atoms with van der Waals surface area (Å²) in [7, 11) is 6.91. The molecule has 2 aromatic rings. The normalized spacial score (nSPS) is 36.9. The van der Waals surface area contributed by atoms with Gasteiger partial charge in [-0.3, -0.25) is 4.90 Å². The van der Waals surface area contributed by atoms with Gasteiger partial charge in [0.2, 0.25) is 5.75 Å². The topological polar surface area (TPSA) is 60.5 Å². The Morgan fingerprint density at radius 2 is 1.78 bits per heavy atom. The Hall–Kier alpha value is -3.19. The van der Waals surface area contributed by atoms with Crippen LogP contribution in [-0.4, -0.2) is 70.0 Å². The first-order chi connectivity index (χ1) is 18.0. The van der Waals surface area contributed by atoms with Crippen molar-refractivity contribution in [3.05, 3.63) is 59.2 Å². The summed E-state index contributed by atoms with van der Waals surface area (Å²) < 4.78 is 23.2. The third kappa shape index (κ3) is 2.73. The molecule has 8 rings (SSSR count). The number of benzene rings is 2. The van der Waals surface area contributed by atoms with Crippen molar-refractivity contribution in [2.24, 2.45) is 11.8 Å². The first-order valence-electron chi connectivity index (χ1n) is 13.2. The van der Waals surface area contributed by atoms with E-state index < -0.39 is 0 Å². The van der Waals surface area contributed by atoms with E-state index in [1.165, 1.54) is 16.8 Å². The molecule has 37 heavy (non-hydrogen) atoms. The number of carbonyl (C=O) groups is 1. The molecule has 6 aliphatic rings. The monoisotopic (exact) mass is 502 g/mol. The SMILES string of the molecule is CC=C1CN2[C@H]3C[C@]45c6ccccc6N(C)[C@H]4[C@@H]2C[C@@H]1[C@@H]3[C@H]5OC(=O)c1cc(OC)c(OC)c(OC)c1. The van der Waals surface area contributed by atoms with Crippen LogP contribution in [0.2, 0.25) is 0 Å². The van der Waals surface area contributed by atoms with Gasteiger partial charge < -0.3 is 23.8 Å². The zero-order chi connectivity index (χ0) is 25.6. The minimum atomic E-state index is -0.340. The minimum Gasteiger partial charge on any atom is -0.493 e.